The van der Waals surface area contributed by atoms with Crippen LogP contribution in [0.4, 0.5) is 8.78 Å². The highest BCUT2D eigenvalue weighted by molar-refractivity contribution is 7.98. The predicted molar refractivity (Wildman–Crippen MR) is 94.8 cm³/mol. The van der Waals surface area contributed by atoms with Crippen LogP contribution in [0.15, 0.2) is 53.7 Å². The summed E-state index contributed by atoms with van der Waals surface area (Å²) in [6.07, 6.45) is 0. The van der Waals surface area contributed by atoms with E-state index < -0.39 is 6.61 Å². The largest absolute Gasteiger partial charge is 0.497 e. The van der Waals surface area contributed by atoms with Crippen LogP contribution in [0, 0.1) is 0 Å². The fourth-order valence-electron chi connectivity index (χ4n) is 2.23. The second-order valence-corrected chi connectivity index (χ2v) is 6.16. The van der Waals surface area contributed by atoms with E-state index in [2.05, 4.69) is 14.9 Å². The number of nitrogens with two attached hydrogens (primary N) is 1. The van der Waals surface area contributed by atoms with Crippen molar-refractivity contribution in [3.63, 3.8) is 0 Å². The van der Waals surface area contributed by atoms with Gasteiger partial charge in [-0.2, -0.15) is 8.78 Å². The van der Waals surface area contributed by atoms with Gasteiger partial charge in [0.15, 0.2) is 5.82 Å². The highest BCUT2D eigenvalue weighted by atomic mass is 32.2. The number of aromatic nitrogens is 3. The molecule has 6 nitrogen and oxygen atoms in total. The number of thioether (sulfide) groups is 1. The van der Waals surface area contributed by atoms with Gasteiger partial charge in [0.1, 0.15) is 11.5 Å². The van der Waals surface area contributed by atoms with Crippen LogP contribution in [0.1, 0.15) is 5.56 Å². The first-order valence-corrected chi connectivity index (χ1v) is 8.57. The molecule has 0 aliphatic rings. The molecule has 2 N–H and O–H groups in total. The molecule has 1 aromatic heterocycles. The molecule has 0 fully saturated rings. The van der Waals surface area contributed by atoms with Crippen LogP contribution in [-0.2, 0) is 5.75 Å². The lowest BCUT2D eigenvalue weighted by atomic mass is 10.2. The van der Waals surface area contributed by atoms with Crippen molar-refractivity contribution in [1.29, 1.82) is 0 Å². The fraction of sp³-hybridized carbons (Fsp3) is 0.176. The maximum absolute atomic E-state index is 12.2. The predicted octanol–water partition coefficient (Wildman–Crippen LogP) is 3.56. The first-order valence-electron chi connectivity index (χ1n) is 7.58. The standard InChI is InChI=1S/C17H16F2N4O2S/c1-24-13-6-2-11(3-7-13)10-26-17-22-21-15(23(17)20)12-4-8-14(9-5-12)25-16(18)19/h2-9,16H,10,20H2,1H3. The van der Waals surface area contributed by atoms with Gasteiger partial charge in [-0.1, -0.05) is 23.9 Å². The topological polar surface area (TPSA) is 75.2 Å². The second-order valence-electron chi connectivity index (χ2n) is 5.22. The lowest BCUT2D eigenvalue weighted by Crippen LogP contribution is -2.11. The van der Waals surface area contributed by atoms with Crippen molar-refractivity contribution in [2.24, 2.45) is 0 Å². The quantitative estimate of drug-likeness (QED) is 0.500. The van der Waals surface area contributed by atoms with E-state index in [0.29, 0.717) is 22.3 Å². The minimum atomic E-state index is -2.86. The molecule has 26 heavy (non-hydrogen) atoms. The van der Waals surface area contributed by atoms with Crippen molar-refractivity contribution >= 4 is 11.8 Å². The first kappa shape index (κ1) is 18.0. The zero-order chi connectivity index (χ0) is 18.5. The molecule has 0 bridgehead atoms. The van der Waals surface area contributed by atoms with Crippen molar-refractivity contribution < 1.29 is 18.3 Å². The van der Waals surface area contributed by atoms with E-state index >= 15 is 0 Å². The van der Waals surface area contributed by atoms with E-state index in [1.54, 1.807) is 19.2 Å². The molecule has 0 aliphatic heterocycles. The molecule has 3 aromatic rings. The fourth-order valence-corrected chi connectivity index (χ4v) is 3.04. The van der Waals surface area contributed by atoms with E-state index in [1.807, 2.05) is 24.3 Å². The first-order chi connectivity index (χ1) is 12.6. The molecule has 136 valence electrons. The van der Waals surface area contributed by atoms with Crippen molar-refractivity contribution in [3.05, 3.63) is 54.1 Å². The number of methoxy groups -OCH3 is 1. The Kier molecular flexibility index (Phi) is 5.57. The van der Waals surface area contributed by atoms with Gasteiger partial charge < -0.3 is 15.3 Å². The van der Waals surface area contributed by atoms with E-state index in [9.17, 15) is 8.78 Å². The number of ether oxygens (including phenoxy) is 2. The maximum Gasteiger partial charge on any atom is 0.387 e. The molecule has 0 atom stereocenters. The zero-order valence-corrected chi connectivity index (χ0v) is 14.6. The average molecular weight is 378 g/mol. The summed E-state index contributed by atoms with van der Waals surface area (Å²) in [5, 5.41) is 8.71. The summed E-state index contributed by atoms with van der Waals surface area (Å²) in [4.78, 5) is 0. The Morgan fingerprint density at radius 3 is 2.31 bits per heavy atom. The Hall–Kier alpha value is -2.81. The van der Waals surface area contributed by atoms with Gasteiger partial charge in [0.05, 0.1) is 7.11 Å². The van der Waals surface area contributed by atoms with Gasteiger partial charge >= 0.3 is 6.61 Å². The highest BCUT2D eigenvalue weighted by Crippen LogP contribution is 2.26. The monoisotopic (exact) mass is 378 g/mol. The number of alkyl halides is 2. The molecule has 1 heterocycles. The van der Waals surface area contributed by atoms with E-state index in [0.717, 1.165) is 11.3 Å². The third-order valence-corrected chi connectivity index (χ3v) is 4.54. The van der Waals surface area contributed by atoms with Crippen LogP contribution in [0.3, 0.4) is 0 Å². The SMILES string of the molecule is COc1ccc(CSc2nnc(-c3ccc(OC(F)F)cc3)n2N)cc1. The molecule has 0 saturated heterocycles. The molecule has 2 aromatic carbocycles. The summed E-state index contributed by atoms with van der Waals surface area (Å²) in [6, 6.07) is 13.8. The van der Waals surface area contributed by atoms with Crippen LogP contribution < -0.4 is 15.3 Å². The van der Waals surface area contributed by atoms with Crippen molar-refractivity contribution in [2.45, 2.75) is 17.5 Å². The molecular formula is C17H16F2N4O2S. The van der Waals surface area contributed by atoms with Gasteiger partial charge in [-0.05, 0) is 42.0 Å². The zero-order valence-electron chi connectivity index (χ0n) is 13.8. The Morgan fingerprint density at radius 2 is 1.69 bits per heavy atom. The molecule has 0 unspecified atom stereocenters. The molecular weight excluding hydrogens is 362 g/mol. The van der Waals surface area contributed by atoms with E-state index in [4.69, 9.17) is 10.6 Å². The Morgan fingerprint density at radius 1 is 1.04 bits per heavy atom. The number of benzene rings is 2. The van der Waals surface area contributed by atoms with Gasteiger partial charge in [0, 0.05) is 11.3 Å². The van der Waals surface area contributed by atoms with E-state index in [1.165, 1.54) is 28.6 Å². The third kappa shape index (κ3) is 4.23. The molecule has 0 amide bonds. The maximum atomic E-state index is 12.2. The minimum absolute atomic E-state index is 0.0703. The number of halogens is 2. The number of hydrogen-bond donors (Lipinski definition) is 1. The summed E-state index contributed by atoms with van der Waals surface area (Å²) in [5.74, 6) is 8.03. The molecule has 0 saturated carbocycles. The van der Waals surface area contributed by atoms with Crippen LogP contribution in [0.2, 0.25) is 0 Å². The third-order valence-electron chi connectivity index (χ3n) is 3.53. The number of nitrogens with zero attached hydrogens (tertiary/aromatic N) is 3. The minimum Gasteiger partial charge on any atom is -0.497 e. The summed E-state index contributed by atoms with van der Waals surface area (Å²) in [7, 11) is 1.62. The summed E-state index contributed by atoms with van der Waals surface area (Å²) < 4.78 is 35.2. The molecule has 9 heteroatoms. The molecule has 0 aliphatic carbocycles. The van der Waals surface area contributed by atoms with Gasteiger partial charge in [-0.3, -0.25) is 0 Å². The summed E-state index contributed by atoms with van der Waals surface area (Å²) >= 11 is 1.44. The normalized spacial score (nSPS) is 10.9. The molecule has 3 rings (SSSR count). The second kappa shape index (κ2) is 8.05. The van der Waals surface area contributed by atoms with Crippen molar-refractivity contribution in [3.8, 4) is 22.9 Å². The van der Waals surface area contributed by atoms with Gasteiger partial charge in [-0.15, -0.1) is 10.2 Å². The van der Waals surface area contributed by atoms with E-state index in [-0.39, 0.29) is 5.75 Å². The molecule has 0 spiro atoms. The summed E-state index contributed by atoms with van der Waals surface area (Å²) in [6.45, 7) is -2.86. The summed E-state index contributed by atoms with van der Waals surface area (Å²) in [5.41, 5.74) is 1.74. The number of hydrogen-bond acceptors (Lipinski definition) is 6. The molecule has 0 radical (unpaired) electrons. The highest BCUT2D eigenvalue weighted by Gasteiger charge is 2.13. The van der Waals surface area contributed by atoms with Crippen LogP contribution in [0.5, 0.6) is 11.5 Å². The van der Waals surface area contributed by atoms with Crippen molar-refractivity contribution in [1.82, 2.24) is 14.9 Å². The Balaban J connectivity index is 1.68. The Labute approximate surface area is 152 Å². The average Bonchev–Trinajstić information content (AvgIpc) is 3.01. The van der Waals surface area contributed by atoms with Crippen molar-refractivity contribution in [2.75, 3.05) is 13.0 Å². The van der Waals surface area contributed by atoms with Gasteiger partial charge in [-0.25, -0.2) is 4.68 Å². The Bertz CT molecular complexity index is 854. The number of nitrogen functional groups attached to an aromatic ring is 1. The van der Waals surface area contributed by atoms with Crippen LogP contribution >= 0.6 is 11.8 Å². The lowest BCUT2D eigenvalue weighted by Gasteiger charge is -2.06. The van der Waals surface area contributed by atoms with Gasteiger partial charge in [0.2, 0.25) is 5.16 Å². The smallest absolute Gasteiger partial charge is 0.387 e. The van der Waals surface area contributed by atoms with Crippen LogP contribution in [0.25, 0.3) is 11.4 Å². The number of rotatable bonds is 7. The van der Waals surface area contributed by atoms with Crippen LogP contribution in [-0.4, -0.2) is 28.6 Å². The van der Waals surface area contributed by atoms with Gasteiger partial charge in [0.25, 0.3) is 0 Å². The lowest BCUT2D eigenvalue weighted by molar-refractivity contribution is -0.0498.